The fourth-order valence-electron chi connectivity index (χ4n) is 4.42. The molecule has 3 aromatic rings. The van der Waals surface area contributed by atoms with Crippen LogP contribution in [0.2, 0.25) is 0 Å². The highest BCUT2D eigenvalue weighted by molar-refractivity contribution is 7.89. The summed E-state index contributed by atoms with van der Waals surface area (Å²) < 4.78 is 54.6. The molecule has 32 heavy (non-hydrogen) atoms. The molecule has 0 spiro atoms. The Labute approximate surface area is 187 Å². The first-order valence-electron chi connectivity index (χ1n) is 10.5. The molecule has 0 unspecified atom stereocenters. The van der Waals surface area contributed by atoms with E-state index >= 15 is 0 Å². The maximum absolute atomic E-state index is 13.5. The van der Waals surface area contributed by atoms with Gasteiger partial charge in [0.25, 0.3) is 0 Å². The Kier molecular flexibility index (Phi) is 6.16. The van der Waals surface area contributed by atoms with Crippen molar-refractivity contribution in [1.29, 1.82) is 0 Å². The van der Waals surface area contributed by atoms with Crippen molar-refractivity contribution in [2.24, 2.45) is 5.92 Å². The predicted molar refractivity (Wildman–Crippen MR) is 118 cm³/mol. The average Bonchev–Trinajstić information content (AvgIpc) is 2.80. The summed E-state index contributed by atoms with van der Waals surface area (Å²) in [7, 11) is -3.64. The second-order valence-corrected chi connectivity index (χ2v) is 10.2. The minimum Gasteiger partial charge on any atom is -0.380 e. The van der Waals surface area contributed by atoms with Crippen LogP contribution in [0.4, 0.5) is 8.78 Å². The van der Waals surface area contributed by atoms with E-state index in [2.05, 4.69) is 0 Å². The lowest BCUT2D eigenvalue weighted by molar-refractivity contribution is -0.00540. The average molecular weight is 458 g/mol. The van der Waals surface area contributed by atoms with E-state index in [0.717, 1.165) is 5.56 Å². The molecule has 4 nitrogen and oxygen atoms in total. The number of aryl methyl sites for hydroxylation is 1. The summed E-state index contributed by atoms with van der Waals surface area (Å²) in [5, 5.41) is 11.9. The maximum Gasteiger partial charge on any atom is 0.243 e. The van der Waals surface area contributed by atoms with Gasteiger partial charge in [0.15, 0.2) is 0 Å². The number of hydrogen-bond acceptors (Lipinski definition) is 3. The molecule has 1 N–H and O–H groups in total. The van der Waals surface area contributed by atoms with E-state index in [1.807, 2.05) is 6.92 Å². The zero-order valence-corrected chi connectivity index (χ0v) is 18.5. The molecular formula is C25H25F2NO3S. The van der Waals surface area contributed by atoms with Crippen LogP contribution in [0.3, 0.4) is 0 Å². The predicted octanol–water partition coefficient (Wildman–Crippen LogP) is 4.61. The third-order valence-corrected chi connectivity index (χ3v) is 8.19. The highest BCUT2D eigenvalue weighted by atomic mass is 32.2. The van der Waals surface area contributed by atoms with Gasteiger partial charge in [-0.2, -0.15) is 4.31 Å². The maximum atomic E-state index is 13.5. The van der Waals surface area contributed by atoms with E-state index in [1.165, 1.54) is 52.8 Å². The number of rotatable bonds is 5. The number of hydrogen-bond donors (Lipinski definition) is 1. The third kappa shape index (κ3) is 4.20. The molecule has 1 fully saturated rings. The summed E-state index contributed by atoms with van der Waals surface area (Å²) in [5.74, 6) is -1.17. The Hall–Kier alpha value is -2.61. The SMILES string of the molecule is Cc1ccc(S(=O)(=O)N2CCC(C(O)(c3ccc(F)cc3)c3ccc(F)cc3)CC2)cc1. The van der Waals surface area contributed by atoms with Crippen LogP contribution in [-0.2, 0) is 15.6 Å². The van der Waals surface area contributed by atoms with Crippen LogP contribution in [0, 0.1) is 24.5 Å². The van der Waals surface area contributed by atoms with E-state index < -0.39 is 27.3 Å². The van der Waals surface area contributed by atoms with Crippen LogP contribution in [0.1, 0.15) is 29.5 Å². The monoisotopic (exact) mass is 457 g/mol. The van der Waals surface area contributed by atoms with E-state index in [4.69, 9.17) is 0 Å². The lowest BCUT2D eigenvalue weighted by Crippen LogP contribution is -2.46. The highest BCUT2D eigenvalue weighted by Crippen LogP contribution is 2.42. The van der Waals surface area contributed by atoms with Crippen LogP contribution >= 0.6 is 0 Å². The van der Waals surface area contributed by atoms with Crippen molar-refractivity contribution in [2.45, 2.75) is 30.3 Å². The van der Waals surface area contributed by atoms with E-state index in [-0.39, 0.29) is 23.9 Å². The minimum atomic E-state index is -3.64. The second-order valence-electron chi connectivity index (χ2n) is 8.27. The van der Waals surface area contributed by atoms with Crippen molar-refractivity contribution < 1.29 is 22.3 Å². The first kappa shape index (κ1) is 22.6. The third-order valence-electron chi connectivity index (χ3n) is 6.27. The summed E-state index contributed by atoms with van der Waals surface area (Å²) >= 11 is 0. The Bertz CT molecular complexity index is 1120. The van der Waals surface area contributed by atoms with Gasteiger partial charge >= 0.3 is 0 Å². The molecule has 168 valence electrons. The quantitative estimate of drug-likeness (QED) is 0.609. The molecule has 1 aliphatic rings. The van der Waals surface area contributed by atoms with Crippen LogP contribution in [0.15, 0.2) is 77.7 Å². The van der Waals surface area contributed by atoms with E-state index in [1.54, 1.807) is 24.3 Å². The Morgan fingerprint density at radius 3 is 1.69 bits per heavy atom. The Balaban J connectivity index is 1.62. The zero-order chi connectivity index (χ0) is 22.9. The Morgan fingerprint density at radius 2 is 1.25 bits per heavy atom. The minimum absolute atomic E-state index is 0.242. The molecule has 0 atom stereocenters. The van der Waals surface area contributed by atoms with Crippen LogP contribution < -0.4 is 0 Å². The molecule has 1 aliphatic heterocycles. The summed E-state index contributed by atoms with van der Waals surface area (Å²) in [5.41, 5.74) is 0.461. The van der Waals surface area contributed by atoms with Gasteiger partial charge in [-0.1, -0.05) is 42.0 Å². The van der Waals surface area contributed by atoms with Gasteiger partial charge in [0.2, 0.25) is 10.0 Å². The lowest BCUT2D eigenvalue weighted by atomic mass is 9.72. The molecule has 7 heteroatoms. The zero-order valence-electron chi connectivity index (χ0n) is 17.7. The standard InChI is InChI=1S/C25H25F2NO3S/c1-18-2-12-24(13-3-18)32(30,31)28-16-14-21(15-17-28)25(29,19-4-8-22(26)9-5-19)20-6-10-23(27)11-7-20/h2-13,21,29H,14-17H2,1H3. The number of piperidine rings is 1. The van der Waals surface area contributed by atoms with E-state index in [0.29, 0.717) is 24.0 Å². The highest BCUT2D eigenvalue weighted by Gasteiger charge is 2.43. The van der Waals surface area contributed by atoms with E-state index in [9.17, 15) is 22.3 Å². The van der Waals surface area contributed by atoms with Gasteiger partial charge in [-0.3, -0.25) is 0 Å². The lowest BCUT2D eigenvalue weighted by Gasteiger charge is -2.42. The number of nitrogens with zero attached hydrogens (tertiary/aromatic N) is 1. The molecule has 3 aromatic carbocycles. The summed E-state index contributed by atoms with van der Waals surface area (Å²) in [4.78, 5) is 0.244. The molecule has 0 amide bonds. The molecule has 0 aliphatic carbocycles. The number of benzene rings is 3. The number of halogens is 2. The number of aliphatic hydroxyl groups is 1. The van der Waals surface area contributed by atoms with Gasteiger partial charge in [0, 0.05) is 13.1 Å². The largest absolute Gasteiger partial charge is 0.380 e. The summed E-state index contributed by atoms with van der Waals surface area (Å²) in [6.45, 7) is 2.38. The van der Waals surface area contributed by atoms with Crippen molar-refractivity contribution in [3.63, 3.8) is 0 Å². The summed E-state index contributed by atoms with van der Waals surface area (Å²) in [6.07, 6.45) is 0.798. The van der Waals surface area contributed by atoms with Crippen molar-refractivity contribution in [3.8, 4) is 0 Å². The van der Waals surface area contributed by atoms with Gasteiger partial charge in [0.05, 0.1) is 4.90 Å². The van der Waals surface area contributed by atoms with Crippen molar-refractivity contribution in [1.82, 2.24) is 4.31 Å². The van der Waals surface area contributed by atoms with Crippen LogP contribution in [0.5, 0.6) is 0 Å². The molecule has 0 aromatic heterocycles. The molecule has 4 rings (SSSR count). The molecule has 1 saturated heterocycles. The molecule has 0 radical (unpaired) electrons. The van der Waals surface area contributed by atoms with Crippen LogP contribution in [-0.4, -0.2) is 30.9 Å². The molecule has 1 heterocycles. The molecule has 0 saturated carbocycles. The first-order chi connectivity index (χ1) is 15.2. The fraction of sp³-hybridized carbons (Fsp3) is 0.280. The van der Waals surface area contributed by atoms with Gasteiger partial charge in [-0.05, 0) is 73.2 Å². The smallest absolute Gasteiger partial charge is 0.243 e. The van der Waals surface area contributed by atoms with Crippen molar-refractivity contribution >= 4 is 10.0 Å². The van der Waals surface area contributed by atoms with Gasteiger partial charge in [0.1, 0.15) is 17.2 Å². The van der Waals surface area contributed by atoms with Crippen molar-refractivity contribution in [2.75, 3.05) is 13.1 Å². The topological polar surface area (TPSA) is 57.6 Å². The van der Waals surface area contributed by atoms with Gasteiger partial charge in [-0.15, -0.1) is 0 Å². The normalized spacial score (nSPS) is 16.2. The Morgan fingerprint density at radius 1 is 0.812 bits per heavy atom. The van der Waals surface area contributed by atoms with Crippen molar-refractivity contribution in [3.05, 3.63) is 101 Å². The summed E-state index contributed by atoms with van der Waals surface area (Å²) in [6, 6.07) is 17.9. The molecular weight excluding hydrogens is 432 g/mol. The fourth-order valence-corrected chi connectivity index (χ4v) is 5.89. The van der Waals surface area contributed by atoms with Crippen LogP contribution in [0.25, 0.3) is 0 Å². The van der Waals surface area contributed by atoms with Gasteiger partial charge in [-0.25, -0.2) is 17.2 Å². The first-order valence-corrected chi connectivity index (χ1v) is 12.0. The molecule has 0 bridgehead atoms. The number of sulfonamides is 1. The second kappa shape index (κ2) is 8.73. The van der Waals surface area contributed by atoms with Gasteiger partial charge < -0.3 is 5.11 Å².